The maximum Gasteiger partial charge on any atom is 0.275 e. The van der Waals surface area contributed by atoms with Gasteiger partial charge < -0.3 is 19.7 Å². The molecule has 1 aliphatic heterocycles. The molecule has 1 atom stereocenters. The number of nitrogens with one attached hydrogen (secondary N) is 1. The van der Waals surface area contributed by atoms with Crippen molar-refractivity contribution in [2.75, 3.05) is 44.8 Å². The van der Waals surface area contributed by atoms with Crippen molar-refractivity contribution in [1.82, 2.24) is 5.32 Å². The first-order chi connectivity index (χ1) is 10.1. The molecule has 2 rings (SSSR count). The van der Waals surface area contributed by atoms with Crippen LogP contribution in [0.2, 0.25) is 0 Å². The summed E-state index contributed by atoms with van der Waals surface area (Å²) < 4.78 is 11.1. The van der Waals surface area contributed by atoms with Gasteiger partial charge in [-0.1, -0.05) is 0 Å². The Labute approximate surface area is 124 Å². The minimum atomic E-state index is -0.404. The van der Waals surface area contributed by atoms with Gasteiger partial charge in [0, 0.05) is 44.5 Å². The van der Waals surface area contributed by atoms with E-state index in [2.05, 4.69) is 5.32 Å². The number of anilines is 1. The number of morpholine rings is 1. The molecule has 1 saturated heterocycles. The lowest BCUT2D eigenvalue weighted by molar-refractivity contribution is -0.384. The van der Waals surface area contributed by atoms with Gasteiger partial charge in [0.1, 0.15) is 5.75 Å². The number of nitro benzene ring substituents is 1. The summed E-state index contributed by atoms with van der Waals surface area (Å²) in [6.07, 6.45) is 0.0820. The van der Waals surface area contributed by atoms with Crippen molar-refractivity contribution in [2.24, 2.45) is 0 Å². The fraction of sp³-hybridized carbons (Fsp3) is 0.571. The predicted octanol–water partition coefficient (Wildman–Crippen LogP) is 1.42. The van der Waals surface area contributed by atoms with Crippen molar-refractivity contribution in [3.63, 3.8) is 0 Å². The Morgan fingerprint density at radius 2 is 2.33 bits per heavy atom. The molecule has 0 spiro atoms. The summed E-state index contributed by atoms with van der Waals surface area (Å²) in [6, 6.07) is 4.81. The molecular weight excluding hydrogens is 274 g/mol. The van der Waals surface area contributed by atoms with Crippen molar-refractivity contribution in [2.45, 2.75) is 13.0 Å². The first-order valence-corrected chi connectivity index (χ1v) is 7.06. The third kappa shape index (κ3) is 4.30. The summed E-state index contributed by atoms with van der Waals surface area (Å²) in [4.78, 5) is 12.6. The van der Waals surface area contributed by atoms with Gasteiger partial charge in [-0.05, 0) is 6.92 Å². The van der Waals surface area contributed by atoms with Crippen LogP contribution in [0.3, 0.4) is 0 Å². The van der Waals surface area contributed by atoms with Gasteiger partial charge in [0.05, 0.1) is 30.3 Å². The molecule has 7 nitrogen and oxygen atoms in total. The van der Waals surface area contributed by atoms with Gasteiger partial charge in [-0.25, -0.2) is 0 Å². The van der Waals surface area contributed by atoms with Gasteiger partial charge in [-0.3, -0.25) is 10.1 Å². The van der Waals surface area contributed by atoms with Gasteiger partial charge >= 0.3 is 0 Å². The van der Waals surface area contributed by atoms with E-state index in [-0.39, 0.29) is 11.8 Å². The van der Waals surface area contributed by atoms with E-state index < -0.39 is 4.92 Å². The molecule has 1 aliphatic rings. The molecule has 0 amide bonds. The number of nitrogens with zero attached hydrogens (tertiary/aromatic N) is 2. The number of hydrogen-bond donors (Lipinski definition) is 1. The first kappa shape index (κ1) is 15.5. The van der Waals surface area contributed by atoms with E-state index in [1.54, 1.807) is 6.07 Å². The summed E-state index contributed by atoms with van der Waals surface area (Å²) in [5.41, 5.74) is 0.785. The number of ether oxygens (including phenoxy) is 2. The molecule has 1 fully saturated rings. The summed E-state index contributed by atoms with van der Waals surface area (Å²) >= 11 is 0. The van der Waals surface area contributed by atoms with Gasteiger partial charge in [0.15, 0.2) is 0 Å². The summed E-state index contributed by atoms with van der Waals surface area (Å²) in [5.74, 6) is 0.510. The molecule has 0 aliphatic carbocycles. The maximum absolute atomic E-state index is 11.0. The van der Waals surface area contributed by atoms with E-state index in [1.165, 1.54) is 6.07 Å². The predicted molar refractivity (Wildman–Crippen MR) is 80.1 cm³/mol. The lowest BCUT2D eigenvalue weighted by Crippen LogP contribution is -2.44. The Morgan fingerprint density at radius 1 is 1.52 bits per heavy atom. The first-order valence-electron chi connectivity index (χ1n) is 7.06. The molecule has 1 aromatic carbocycles. The molecule has 1 aromatic rings. The monoisotopic (exact) mass is 295 g/mol. The number of non-ortho nitro benzene ring substituents is 1. The average Bonchev–Trinajstić information content (AvgIpc) is 2.48. The zero-order valence-corrected chi connectivity index (χ0v) is 12.4. The van der Waals surface area contributed by atoms with E-state index >= 15 is 0 Å². The molecule has 0 aromatic heterocycles. The van der Waals surface area contributed by atoms with Crippen LogP contribution >= 0.6 is 0 Å². The van der Waals surface area contributed by atoms with E-state index in [9.17, 15) is 10.1 Å². The quantitative estimate of drug-likeness (QED) is 0.632. The number of benzene rings is 1. The average molecular weight is 295 g/mol. The van der Waals surface area contributed by atoms with E-state index in [4.69, 9.17) is 9.47 Å². The minimum Gasteiger partial charge on any atom is -0.494 e. The number of likely N-dealkylation sites (N-methyl/N-ethyl adjacent to an activating group) is 1. The second-order valence-electron chi connectivity index (χ2n) is 4.95. The summed E-state index contributed by atoms with van der Waals surface area (Å²) in [6.45, 7) is 5.34. The summed E-state index contributed by atoms with van der Waals surface area (Å²) in [5, 5.41) is 14.3. The standard InChI is InChI=1S/C14H21N3O4/c1-3-20-13-7-11(6-12(8-13)17(18)19)16(2)10-14-9-15-4-5-21-14/h6-8,14-15H,3-5,9-10H2,1-2H3. The van der Waals surface area contributed by atoms with Gasteiger partial charge in [0.25, 0.3) is 5.69 Å². The molecule has 0 bridgehead atoms. The van der Waals surface area contributed by atoms with Gasteiger partial charge in [-0.15, -0.1) is 0 Å². The summed E-state index contributed by atoms with van der Waals surface area (Å²) in [7, 11) is 1.90. The lowest BCUT2D eigenvalue weighted by atomic mass is 10.2. The Morgan fingerprint density at radius 3 is 2.95 bits per heavy atom. The van der Waals surface area contributed by atoms with Crippen LogP contribution in [0.4, 0.5) is 11.4 Å². The molecule has 21 heavy (non-hydrogen) atoms. The largest absolute Gasteiger partial charge is 0.494 e. The third-order valence-corrected chi connectivity index (χ3v) is 3.32. The van der Waals surface area contributed by atoms with Crippen LogP contribution in [0, 0.1) is 10.1 Å². The van der Waals surface area contributed by atoms with Crippen LogP contribution in [0.5, 0.6) is 5.75 Å². The second-order valence-corrected chi connectivity index (χ2v) is 4.95. The molecule has 1 unspecified atom stereocenters. The van der Waals surface area contributed by atoms with Crippen LogP contribution in [-0.4, -0.2) is 50.9 Å². The van der Waals surface area contributed by atoms with E-state index in [0.717, 1.165) is 18.8 Å². The van der Waals surface area contributed by atoms with Crippen molar-refractivity contribution in [1.29, 1.82) is 0 Å². The SMILES string of the molecule is CCOc1cc(N(C)CC2CNCCO2)cc([N+](=O)[O-])c1. The molecule has 7 heteroatoms. The number of nitro groups is 1. The molecule has 1 N–H and O–H groups in total. The number of hydrogen-bond acceptors (Lipinski definition) is 6. The Kier molecular flexibility index (Phi) is 5.35. The highest BCUT2D eigenvalue weighted by Crippen LogP contribution is 2.28. The van der Waals surface area contributed by atoms with Crippen LogP contribution in [0.15, 0.2) is 18.2 Å². The maximum atomic E-state index is 11.0. The highest BCUT2D eigenvalue weighted by Gasteiger charge is 2.18. The Bertz CT molecular complexity index is 489. The van der Waals surface area contributed by atoms with Crippen LogP contribution in [0.1, 0.15) is 6.92 Å². The van der Waals surface area contributed by atoms with Crippen molar-refractivity contribution in [3.05, 3.63) is 28.3 Å². The third-order valence-electron chi connectivity index (χ3n) is 3.32. The normalized spacial score (nSPS) is 18.3. The highest BCUT2D eigenvalue weighted by molar-refractivity contribution is 5.57. The van der Waals surface area contributed by atoms with E-state index in [0.29, 0.717) is 25.5 Å². The highest BCUT2D eigenvalue weighted by atomic mass is 16.6. The minimum absolute atomic E-state index is 0.0329. The fourth-order valence-corrected chi connectivity index (χ4v) is 2.29. The second kappa shape index (κ2) is 7.24. The van der Waals surface area contributed by atoms with Crippen molar-refractivity contribution in [3.8, 4) is 5.75 Å². The van der Waals surface area contributed by atoms with Crippen molar-refractivity contribution >= 4 is 11.4 Å². The lowest BCUT2D eigenvalue weighted by Gasteiger charge is -2.29. The molecule has 0 saturated carbocycles. The molecule has 1 heterocycles. The topological polar surface area (TPSA) is 76.9 Å². The Balaban J connectivity index is 2.13. The zero-order valence-electron chi connectivity index (χ0n) is 12.4. The Hall–Kier alpha value is -1.86. The zero-order chi connectivity index (χ0) is 15.2. The van der Waals surface area contributed by atoms with Gasteiger partial charge in [0.2, 0.25) is 0 Å². The van der Waals surface area contributed by atoms with Crippen LogP contribution in [-0.2, 0) is 4.74 Å². The molecular formula is C14H21N3O4. The van der Waals surface area contributed by atoms with Crippen LogP contribution in [0.25, 0.3) is 0 Å². The molecule has 116 valence electrons. The fourth-order valence-electron chi connectivity index (χ4n) is 2.29. The molecule has 0 radical (unpaired) electrons. The van der Waals surface area contributed by atoms with Gasteiger partial charge in [-0.2, -0.15) is 0 Å². The smallest absolute Gasteiger partial charge is 0.275 e. The van der Waals surface area contributed by atoms with Crippen molar-refractivity contribution < 1.29 is 14.4 Å². The number of rotatable bonds is 6. The van der Waals surface area contributed by atoms with Crippen LogP contribution < -0.4 is 15.0 Å². The van der Waals surface area contributed by atoms with E-state index in [1.807, 2.05) is 24.9 Å².